The number of hydrogen-bond acceptors (Lipinski definition) is 2. The van der Waals surface area contributed by atoms with E-state index in [2.05, 4.69) is 46.9 Å². The second kappa shape index (κ2) is 3.21. The van der Waals surface area contributed by atoms with Gasteiger partial charge in [0, 0.05) is 7.05 Å². The van der Waals surface area contributed by atoms with Crippen molar-refractivity contribution in [2.75, 3.05) is 13.6 Å². The highest BCUT2D eigenvalue weighted by atomic mass is 16.2. The SMILES string of the molecule is CN1C(=O)CNC1(C(C)(C)C)C(C)(C)C. The minimum Gasteiger partial charge on any atom is -0.325 e. The van der Waals surface area contributed by atoms with Gasteiger partial charge in [0.1, 0.15) is 5.66 Å². The van der Waals surface area contributed by atoms with Crippen molar-refractivity contribution in [3.05, 3.63) is 0 Å². The smallest absolute Gasteiger partial charge is 0.237 e. The molecule has 0 aliphatic carbocycles. The van der Waals surface area contributed by atoms with E-state index in [0.717, 1.165) is 0 Å². The molecule has 0 aromatic carbocycles. The van der Waals surface area contributed by atoms with Gasteiger partial charge in [-0.15, -0.1) is 0 Å². The van der Waals surface area contributed by atoms with E-state index in [4.69, 9.17) is 0 Å². The fourth-order valence-corrected chi connectivity index (χ4v) is 3.29. The van der Waals surface area contributed by atoms with Crippen LogP contribution < -0.4 is 5.32 Å². The van der Waals surface area contributed by atoms with Crippen molar-refractivity contribution in [3.63, 3.8) is 0 Å². The van der Waals surface area contributed by atoms with Crippen LogP contribution in [0.5, 0.6) is 0 Å². The molecule has 1 aliphatic rings. The van der Waals surface area contributed by atoms with E-state index >= 15 is 0 Å². The monoisotopic (exact) mass is 212 g/mol. The molecule has 3 nitrogen and oxygen atoms in total. The molecule has 0 atom stereocenters. The van der Waals surface area contributed by atoms with Crippen molar-refractivity contribution in [2.24, 2.45) is 10.8 Å². The van der Waals surface area contributed by atoms with Gasteiger partial charge in [0.2, 0.25) is 5.91 Å². The number of carbonyl (C=O) groups is 1. The van der Waals surface area contributed by atoms with E-state index in [9.17, 15) is 4.79 Å². The van der Waals surface area contributed by atoms with Gasteiger partial charge in [-0.25, -0.2) is 0 Å². The van der Waals surface area contributed by atoms with Gasteiger partial charge < -0.3 is 4.90 Å². The van der Waals surface area contributed by atoms with Crippen LogP contribution in [-0.2, 0) is 4.79 Å². The van der Waals surface area contributed by atoms with Gasteiger partial charge in [-0.1, -0.05) is 41.5 Å². The lowest BCUT2D eigenvalue weighted by molar-refractivity contribution is -0.139. The first kappa shape index (κ1) is 12.5. The van der Waals surface area contributed by atoms with E-state index in [0.29, 0.717) is 6.54 Å². The van der Waals surface area contributed by atoms with Crippen LogP contribution in [-0.4, -0.2) is 30.1 Å². The molecule has 0 spiro atoms. The molecule has 1 aliphatic heterocycles. The van der Waals surface area contributed by atoms with E-state index < -0.39 is 0 Å². The Hall–Kier alpha value is -0.570. The Kier molecular flexibility index (Phi) is 2.67. The first-order valence-electron chi connectivity index (χ1n) is 5.56. The van der Waals surface area contributed by atoms with Crippen molar-refractivity contribution in [1.82, 2.24) is 10.2 Å². The van der Waals surface area contributed by atoms with Gasteiger partial charge in [0.05, 0.1) is 6.54 Å². The van der Waals surface area contributed by atoms with E-state index in [1.165, 1.54) is 0 Å². The average Bonchev–Trinajstić information content (AvgIpc) is 2.26. The summed E-state index contributed by atoms with van der Waals surface area (Å²) in [7, 11) is 1.90. The summed E-state index contributed by atoms with van der Waals surface area (Å²) in [5, 5.41) is 3.43. The predicted molar refractivity (Wildman–Crippen MR) is 62.4 cm³/mol. The number of likely N-dealkylation sites (N-methyl/N-ethyl adjacent to an activating group) is 1. The molecule has 0 unspecified atom stereocenters. The quantitative estimate of drug-likeness (QED) is 0.664. The minimum absolute atomic E-state index is 0.00611. The highest BCUT2D eigenvalue weighted by Crippen LogP contribution is 2.47. The van der Waals surface area contributed by atoms with Crippen molar-refractivity contribution in [3.8, 4) is 0 Å². The zero-order valence-electron chi connectivity index (χ0n) is 11.1. The summed E-state index contributed by atoms with van der Waals surface area (Å²) in [5.41, 5.74) is -0.255. The summed E-state index contributed by atoms with van der Waals surface area (Å²) in [6, 6.07) is 0. The number of rotatable bonds is 0. The molecule has 1 amide bonds. The van der Waals surface area contributed by atoms with Gasteiger partial charge in [-0.05, 0) is 10.8 Å². The average molecular weight is 212 g/mol. The fourth-order valence-electron chi connectivity index (χ4n) is 3.29. The minimum atomic E-state index is -0.267. The van der Waals surface area contributed by atoms with Crippen molar-refractivity contribution >= 4 is 5.91 Å². The molecule has 0 aromatic rings. The van der Waals surface area contributed by atoms with Crippen molar-refractivity contribution in [2.45, 2.75) is 47.2 Å². The molecular formula is C12H24N2O. The molecule has 1 heterocycles. The van der Waals surface area contributed by atoms with Crippen LogP contribution in [0, 0.1) is 10.8 Å². The molecular weight excluding hydrogens is 188 g/mol. The van der Waals surface area contributed by atoms with Gasteiger partial charge >= 0.3 is 0 Å². The van der Waals surface area contributed by atoms with Crippen LogP contribution in [0.4, 0.5) is 0 Å². The Labute approximate surface area is 93.2 Å². The third kappa shape index (κ3) is 1.57. The topological polar surface area (TPSA) is 32.3 Å². The molecule has 1 rings (SSSR count). The number of amides is 1. The summed E-state index contributed by atoms with van der Waals surface area (Å²) in [6.07, 6.45) is 0. The van der Waals surface area contributed by atoms with Crippen LogP contribution in [0.2, 0.25) is 0 Å². The number of nitrogens with zero attached hydrogens (tertiary/aromatic N) is 1. The molecule has 0 aromatic heterocycles. The zero-order valence-corrected chi connectivity index (χ0v) is 11.1. The molecule has 0 radical (unpaired) electrons. The number of nitrogens with one attached hydrogen (secondary N) is 1. The summed E-state index contributed by atoms with van der Waals surface area (Å²) in [4.78, 5) is 13.6. The van der Waals surface area contributed by atoms with E-state index in [-0.39, 0.29) is 22.4 Å². The fraction of sp³-hybridized carbons (Fsp3) is 0.917. The van der Waals surface area contributed by atoms with Gasteiger partial charge in [-0.3, -0.25) is 10.1 Å². The highest BCUT2D eigenvalue weighted by Gasteiger charge is 2.57. The lowest BCUT2D eigenvalue weighted by Crippen LogP contribution is -2.67. The summed E-state index contributed by atoms with van der Waals surface area (Å²) in [6.45, 7) is 13.5. The Morgan fingerprint density at radius 3 is 1.67 bits per heavy atom. The molecule has 1 saturated heterocycles. The molecule has 88 valence electrons. The van der Waals surface area contributed by atoms with Crippen LogP contribution in [0.15, 0.2) is 0 Å². The Balaban J connectivity index is 3.28. The lowest BCUT2D eigenvalue weighted by atomic mass is 9.65. The Morgan fingerprint density at radius 2 is 1.53 bits per heavy atom. The maximum Gasteiger partial charge on any atom is 0.237 e. The van der Waals surface area contributed by atoms with Crippen LogP contribution in [0.3, 0.4) is 0 Å². The van der Waals surface area contributed by atoms with Crippen LogP contribution in [0.25, 0.3) is 0 Å². The maximum atomic E-state index is 11.7. The standard InChI is InChI=1S/C12H24N2O/c1-10(2,3)12(11(4,5)6)13-8-9(15)14(12)7/h13H,8H2,1-7H3. The van der Waals surface area contributed by atoms with Crippen molar-refractivity contribution < 1.29 is 4.79 Å². The largest absolute Gasteiger partial charge is 0.325 e. The van der Waals surface area contributed by atoms with Crippen LogP contribution in [0.1, 0.15) is 41.5 Å². The normalized spacial score (nSPS) is 22.3. The van der Waals surface area contributed by atoms with E-state index in [1.807, 2.05) is 11.9 Å². The molecule has 3 heteroatoms. The number of hydrogen-bond donors (Lipinski definition) is 1. The third-order valence-electron chi connectivity index (χ3n) is 3.54. The van der Waals surface area contributed by atoms with Gasteiger partial charge in [0.15, 0.2) is 0 Å². The zero-order chi connectivity index (χ0) is 12.1. The molecule has 15 heavy (non-hydrogen) atoms. The lowest BCUT2D eigenvalue weighted by Gasteiger charge is -2.54. The van der Waals surface area contributed by atoms with Gasteiger partial charge in [0.25, 0.3) is 0 Å². The molecule has 0 bridgehead atoms. The molecule has 1 N–H and O–H groups in total. The van der Waals surface area contributed by atoms with E-state index in [1.54, 1.807) is 0 Å². The summed E-state index contributed by atoms with van der Waals surface area (Å²) >= 11 is 0. The second-order valence-corrected chi connectivity index (χ2v) is 6.52. The first-order chi connectivity index (χ1) is 6.54. The Bertz CT molecular complexity index is 256. The highest BCUT2D eigenvalue weighted by molar-refractivity contribution is 5.81. The third-order valence-corrected chi connectivity index (χ3v) is 3.54. The summed E-state index contributed by atoms with van der Waals surface area (Å²) < 4.78 is 0. The Morgan fingerprint density at radius 1 is 1.13 bits per heavy atom. The number of carbonyl (C=O) groups excluding carboxylic acids is 1. The molecule has 0 saturated carbocycles. The van der Waals surface area contributed by atoms with Crippen molar-refractivity contribution in [1.29, 1.82) is 0 Å². The summed E-state index contributed by atoms with van der Waals surface area (Å²) in [5.74, 6) is 0.180. The second-order valence-electron chi connectivity index (χ2n) is 6.52. The molecule has 1 fully saturated rings. The first-order valence-corrected chi connectivity index (χ1v) is 5.56. The predicted octanol–water partition coefficient (Wildman–Crippen LogP) is 1.84. The maximum absolute atomic E-state index is 11.7. The van der Waals surface area contributed by atoms with Crippen LogP contribution >= 0.6 is 0 Å². The van der Waals surface area contributed by atoms with Gasteiger partial charge in [-0.2, -0.15) is 0 Å².